The average Bonchev–Trinajstić information content (AvgIpc) is 3.34. The molecule has 3 aliphatic heterocycles. The zero-order valence-corrected chi connectivity index (χ0v) is 40.6. The first kappa shape index (κ1) is 58.5. The number of ketones is 2. The molecule has 2 aromatic carbocycles. The molecule has 0 saturated carbocycles. The van der Waals surface area contributed by atoms with Gasteiger partial charge in [-0.3, -0.25) is 18.9 Å². The van der Waals surface area contributed by atoms with Crippen LogP contribution >= 0.6 is 7.60 Å². The van der Waals surface area contributed by atoms with E-state index in [4.69, 9.17) is 37.7 Å². The maximum atomic E-state index is 12.9. The van der Waals surface area contributed by atoms with Gasteiger partial charge < -0.3 is 93.9 Å². The lowest BCUT2D eigenvalue weighted by atomic mass is 9.95. The molecule has 24 heteroatoms. The maximum absolute atomic E-state index is 12.9. The van der Waals surface area contributed by atoms with Gasteiger partial charge in [0.15, 0.2) is 30.4 Å². The second kappa shape index (κ2) is 28.3. The van der Waals surface area contributed by atoms with E-state index in [2.05, 4.69) is 5.32 Å². The zero-order chi connectivity index (χ0) is 51.8. The summed E-state index contributed by atoms with van der Waals surface area (Å²) in [4.78, 5) is 47.1. The van der Waals surface area contributed by atoms with Crippen LogP contribution in [0.3, 0.4) is 0 Å². The van der Waals surface area contributed by atoms with Gasteiger partial charge in [0.1, 0.15) is 85.5 Å². The maximum Gasteiger partial charge on any atom is 0.325 e. The molecule has 0 radical (unpaired) electrons. The summed E-state index contributed by atoms with van der Waals surface area (Å²) in [6.07, 6.45) is -18.3. The van der Waals surface area contributed by atoms with Gasteiger partial charge in [0.2, 0.25) is 5.91 Å². The molecule has 2 aromatic rings. The number of hydrogen-bond acceptors (Lipinski definition) is 21. The second-order valence-electron chi connectivity index (χ2n) is 17.9. The van der Waals surface area contributed by atoms with Crippen LogP contribution in [-0.2, 0) is 47.1 Å². The van der Waals surface area contributed by atoms with Crippen LogP contribution in [0.2, 0.25) is 0 Å². The molecule has 3 saturated heterocycles. The Morgan fingerprint density at radius 1 is 0.634 bits per heavy atom. The molecule has 3 heterocycles. The standard InChI is InChI=1S/C47H70NO22P/c1-26(52)48-36-39(57)43(69-47-42(60)44(38(56)34(23-50)67-47)70-46-41(59)40(58)37(55)33(22-49)66-46)35(24-51)68-45(36)63-19-9-7-13-30(53)25-64-31-17-15-27(16-18-31)28-11-10-12-29(21-28)32(54)14-6-4-3-5-8-20-65-71(2,61)62/h10-12,15-18,21,33-47,49-51,55-60H,3-9,13-14,19-20,22-25H2,1-2H3,(H,48,52)(H,61,62)/t33?,34?,35?,36?,37-,38-,39+,40-,41?,42?,43+,44-,45+,46+,47-/m0/s1. The average molecular weight is 1030 g/mol. The third kappa shape index (κ3) is 17.1. The van der Waals surface area contributed by atoms with Gasteiger partial charge in [0.25, 0.3) is 0 Å². The van der Waals surface area contributed by atoms with Gasteiger partial charge >= 0.3 is 7.60 Å². The summed E-state index contributed by atoms with van der Waals surface area (Å²) >= 11 is 0. The fraction of sp³-hybridized carbons (Fsp3) is 0.681. The Morgan fingerprint density at radius 2 is 1.23 bits per heavy atom. The van der Waals surface area contributed by atoms with Crippen LogP contribution in [0.4, 0.5) is 0 Å². The van der Waals surface area contributed by atoms with E-state index in [0.717, 1.165) is 43.5 Å². The van der Waals surface area contributed by atoms with Gasteiger partial charge in [-0.25, -0.2) is 0 Å². The fourth-order valence-corrected chi connectivity index (χ4v) is 8.82. The molecule has 3 aliphatic rings. The summed E-state index contributed by atoms with van der Waals surface area (Å²) in [6.45, 7) is -0.0573. The molecule has 0 aromatic heterocycles. The lowest BCUT2D eigenvalue weighted by Gasteiger charge is -2.48. The second-order valence-corrected chi connectivity index (χ2v) is 19.7. The van der Waals surface area contributed by atoms with E-state index in [1.807, 2.05) is 30.3 Å². The van der Waals surface area contributed by atoms with Crippen molar-refractivity contribution in [3.8, 4) is 16.9 Å². The largest absolute Gasteiger partial charge is 0.486 e. The van der Waals surface area contributed by atoms with Crippen molar-refractivity contribution in [2.45, 2.75) is 157 Å². The van der Waals surface area contributed by atoms with Gasteiger partial charge in [0, 0.05) is 38.6 Å². The lowest BCUT2D eigenvalue weighted by Crippen LogP contribution is -2.68. The number of aliphatic hydroxyl groups excluding tert-OH is 9. The molecule has 3 fully saturated rings. The van der Waals surface area contributed by atoms with Crippen LogP contribution in [-0.4, -0.2) is 207 Å². The van der Waals surface area contributed by atoms with Crippen molar-refractivity contribution in [3.63, 3.8) is 0 Å². The van der Waals surface area contributed by atoms with E-state index in [1.165, 1.54) is 6.92 Å². The first-order chi connectivity index (χ1) is 33.8. The van der Waals surface area contributed by atoms with Crippen LogP contribution in [0.15, 0.2) is 48.5 Å². The monoisotopic (exact) mass is 1030 g/mol. The molecule has 11 N–H and O–H groups in total. The quantitative estimate of drug-likeness (QED) is 0.0289. The van der Waals surface area contributed by atoms with Crippen molar-refractivity contribution < 1.29 is 107 Å². The third-order valence-electron chi connectivity index (χ3n) is 12.3. The van der Waals surface area contributed by atoms with E-state index in [1.54, 1.807) is 18.2 Å². The minimum atomic E-state index is -3.45. The molecule has 0 bridgehead atoms. The zero-order valence-electron chi connectivity index (χ0n) is 39.7. The summed E-state index contributed by atoms with van der Waals surface area (Å²) < 4.78 is 56.0. The molecule has 0 spiro atoms. The van der Waals surface area contributed by atoms with Gasteiger partial charge in [-0.15, -0.1) is 0 Å². The molecule has 5 rings (SSSR count). The molecule has 400 valence electrons. The fourth-order valence-electron chi connectivity index (χ4n) is 8.35. The highest BCUT2D eigenvalue weighted by atomic mass is 31.2. The van der Waals surface area contributed by atoms with Crippen LogP contribution in [0.25, 0.3) is 11.1 Å². The minimum Gasteiger partial charge on any atom is -0.486 e. The highest BCUT2D eigenvalue weighted by Gasteiger charge is 2.54. The molecule has 0 aliphatic carbocycles. The normalized spacial score (nSPS) is 31.9. The Morgan fingerprint density at radius 3 is 1.89 bits per heavy atom. The van der Waals surface area contributed by atoms with Crippen LogP contribution in [0, 0.1) is 0 Å². The number of nitrogens with one attached hydrogen (secondary N) is 1. The van der Waals surface area contributed by atoms with Crippen molar-refractivity contribution >= 4 is 25.1 Å². The van der Waals surface area contributed by atoms with Gasteiger partial charge in [-0.05, 0) is 55.0 Å². The number of unbranched alkanes of at least 4 members (excludes halogenated alkanes) is 5. The highest BCUT2D eigenvalue weighted by Crippen LogP contribution is 2.37. The SMILES string of the molecule is CC(=O)NC1[C@H](OCCCCC(=O)COc2ccc(-c3cccc(C(=O)CCCCCCCOP(C)(=O)O)c3)cc2)OC(CO)[C@@H](O[C@@H]2OC(CO)[C@H](O)[C@H](O[C@H]3OC(CO)[C@H](O)[C@H](O)C3O)C2O)[C@@H]1O. The summed E-state index contributed by atoms with van der Waals surface area (Å²) in [5.41, 5.74) is 2.31. The van der Waals surface area contributed by atoms with E-state index >= 15 is 0 Å². The van der Waals surface area contributed by atoms with Crippen molar-refractivity contribution in [2.24, 2.45) is 0 Å². The minimum absolute atomic E-state index is 0.00843. The third-order valence-corrected chi connectivity index (χ3v) is 12.9. The number of carbonyl (C=O) groups excluding carboxylic acids is 3. The van der Waals surface area contributed by atoms with Crippen molar-refractivity contribution in [2.75, 3.05) is 46.3 Å². The smallest absolute Gasteiger partial charge is 0.325 e. The molecular weight excluding hydrogens is 961 g/mol. The van der Waals surface area contributed by atoms with Crippen molar-refractivity contribution in [1.82, 2.24) is 5.32 Å². The van der Waals surface area contributed by atoms with E-state index in [0.29, 0.717) is 37.0 Å². The molecule has 71 heavy (non-hydrogen) atoms. The van der Waals surface area contributed by atoms with Crippen LogP contribution in [0.5, 0.6) is 5.75 Å². The van der Waals surface area contributed by atoms with Gasteiger partial charge in [-0.2, -0.15) is 0 Å². The topological polar surface area (TPSA) is 356 Å². The summed E-state index contributed by atoms with van der Waals surface area (Å²) in [5, 5.41) is 96.9. The molecular formula is C47H70NO22P. The Kier molecular flexibility index (Phi) is 23.3. The predicted octanol–water partition coefficient (Wildman–Crippen LogP) is -0.564. The summed E-state index contributed by atoms with van der Waals surface area (Å²) in [6, 6.07) is 13.2. The van der Waals surface area contributed by atoms with Gasteiger partial charge in [-0.1, -0.05) is 49.6 Å². The van der Waals surface area contributed by atoms with Gasteiger partial charge in [0.05, 0.1) is 26.4 Å². The summed E-state index contributed by atoms with van der Waals surface area (Å²) in [5.74, 6) is -0.279. The van der Waals surface area contributed by atoms with E-state index in [-0.39, 0.29) is 37.8 Å². The highest BCUT2D eigenvalue weighted by molar-refractivity contribution is 7.51. The summed E-state index contributed by atoms with van der Waals surface area (Å²) in [7, 11) is -3.45. The Labute approximate surface area is 411 Å². The number of aliphatic hydroxyl groups is 9. The number of amides is 1. The van der Waals surface area contributed by atoms with Crippen LogP contribution in [0.1, 0.15) is 75.1 Å². The van der Waals surface area contributed by atoms with Crippen molar-refractivity contribution in [1.29, 1.82) is 0 Å². The number of ether oxygens (including phenoxy) is 7. The number of hydrogen-bond donors (Lipinski definition) is 11. The lowest BCUT2D eigenvalue weighted by molar-refractivity contribution is -0.376. The number of rotatable bonds is 28. The Balaban J connectivity index is 1.06. The Hall–Kier alpha value is -3.40. The number of benzene rings is 2. The van der Waals surface area contributed by atoms with Crippen LogP contribution < -0.4 is 10.1 Å². The number of Topliss-reactive ketones (excluding diaryl/α,β-unsaturated/α-hetero) is 2. The first-order valence-corrected chi connectivity index (χ1v) is 25.8. The predicted molar refractivity (Wildman–Crippen MR) is 247 cm³/mol. The van der Waals surface area contributed by atoms with E-state index < -0.39 is 125 Å². The Bertz CT molecular complexity index is 2010. The van der Waals surface area contributed by atoms with Crippen molar-refractivity contribution in [3.05, 3.63) is 54.1 Å². The number of carbonyl (C=O) groups is 3. The molecule has 7 unspecified atom stereocenters. The molecule has 23 nitrogen and oxygen atoms in total. The van der Waals surface area contributed by atoms with E-state index in [9.17, 15) is 69.8 Å². The first-order valence-electron chi connectivity index (χ1n) is 23.8. The molecule has 1 amide bonds. The molecule has 16 atom stereocenters.